The first-order valence-electron chi connectivity index (χ1n) is 6.61. The number of aromatic nitrogens is 1. The highest BCUT2D eigenvalue weighted by Crippen LogP contribution is 2.30. The van der Waals surface area contributed by atoms with Gasteiger partial charge in [0.2, 0.25) is 0 Å². The molecule has 0 spiro atoms. The minimum absolute atomic E-state index is 0.492. The minimum Gasteiger partial charge on any atom is -0.480 e. The zero-order chi connectivity index (χ0) is 15.3. The molecule has 2 aromatic rings. The van der Waals surface area contributed by atoms with E-state index in [1.54, 1.807) is 30.1 Å². The molecule has 0 radical (unpaired) electrons. The minimum atomic E-state index is -1.05. The first-order valence-corrected chi connectivity index (χ1v) is 8.48. The Morgan fingerprint density at radius 1 is 1.43 bits per heavy atom. The SMILES string of the molecule is CNC(CCSc1nc(C)cs1)(C(=O)O)c1ccccc1. The molecule has 2 rings (SSSR count). The first-order chi connectivity index (χ1) is 10.1. The number of nitrogens with zero attached hydrogens (tertiary/aromatic N) is 1. The molecule has 0 bridgehead atoms. The number of carbonyl (C=O) groups is 1. The molecule has 0 aliphatic carbocycles. The van der Waals surface area contributed by atoms with Crippen molar-refractivity contribution in [3.8, 4) is 0 Å². The van der Waals surface area contributed by atoms with Gasteiger partial charge in [0.25, 0.3) is 0 Å². The maximum absolute atomic E-state index is 11.8. The third-order valence-corrected chi connectivity index (χ3v) is 5.50. The van der Waals surface area contributed by atoms with Crippen molar-refractivity contribution < 1.29 is 9.90 Å². The molecule has 0 aliphatic heterocycles. The number of likely N-dealkylation sites (N-methyl/N-ethyl adjacent to an activating group) is 1. The van der Waals surface area contributed by atoms with Crippen molar-refractivity contribution >= 4 is 29.1 Å². The second-order valence-corrected chi connectivity index (χ2v) is 6.88. The van der Waals surface area contributed by atoms with E-state index in [4.69, 9.17) is 0 Å². The highest BCUT2D eigenvalue weighted by molar-refractivity contribution is 8.01. The summed E-state index contributed by atoms with van der Waals surface area (Å²) in [5, 5.41) is 14.7. The van der Waals surface area contributed by atoms with Gasteiger partial charge in [-0.05, 0) is 26.0 Å². The largest absolute Gasteiger partial charge is 0.480 e. The van der Waals surface area contributed by atoms with Crippen molar-refractivity contribution in [2.45, 2.75) is 23.2 Å². The summed E-state index contributed by atoms with van der Waals surface area (Å²) in [5.74, 6) is -0.165. The Morgan fingerprint density at radius 3 is 2.67 bits per heavy atom. The van der Waals surface area contributed by atoms with Crippen LogP contribution in [0.15, 0.2) is 40.1 Å². The summed E-state index contributed by atoms with van der Waals surface area (Å²) in [4.78, 5) is 16.2. The van der Waals surface area contributed by atoms with Gasteiger partial charge in [-0.1, -0.05) is 42.1 Å². The summed E-state index contributed by atoms with van der Waals surface area (Å²) >= 11 is 3.20. The molecule has 0 aliphatic rings. The standard InChI is InChI=1S/C15H18N2O2S2/c1-11-10-21-14(17-11)20-9-8-15(16-2,13(18)19)12-6-4-3-5-7-12/h3-7,10,16H,8-9H2,1-2H3,(H,18,19). The van der Waals surface area contributed by atoms with E-state index in [1.807, 2.05) is 42.6 Å². The van der Waals surface area contributed by atoms with E-state index in [9.17, 15) is 9.90 Å². The van der Waals surface area contributed by atoms with E-state index in [0.717, 1.165) is 15.6 Å². The number of aliphatic carboxylic acids is 1. The van der Waals surface area contributed by atoms with Crippen LogP contribution in [0.1, 0.15) is 17.7 Å². The Hall–Kier alpha value is -1.37. The van der Waals surface area contributed by atoms with Crippen LogP contribution in [-0.2, 0) is 10.3 Å². The van der Waals surface area contributed by atoms with E-state index in [1.165, 1.54) is 0 Å². The van der Waals surface area contributed by atoms with Gasteiger partial charge in [-0.25, -0.2) is 9.78 Å². The number of aryl methyl sites for hydroxylation is 1. The van der Waals surface area contributed by atoms with E-state index in [-0.39, 0.29) is 0 Å². The van der Waals surface area contributed by atoms with Crippen LogP contribution in [0.3, 0.4) is 0 Å². The van der Waals surface area contributed by atoms with E-state index in [0.29, 0.717) is 12.2 Å². The number of nitrogens with one attached hydrogen (secondary N) is 1. The summed E-state index contributed by atoms with van der Waals surface area (Å²) in [6.45, 7) is 1.96. The van der Waals surface area contributed by atoms with E-state index >= 15 is 0 Å². The lowest BCUT2D eigenvalue weighted by molar-refractivity contribution is -0.145. The lowest BCUT2D eigenvalue weighted by atomic mass is 9.87. The third-order valence-electron chi connectivity index (χ3n) is 3.36. The molecule has 21 heavy (non-hydrogen) atoms. The molecule has 0 amide bonds. The number of thiazole rings is 1. The van der Waals surface area contributed by atoms with Crippen LogP contribution in [0.25, 0.3) is 0 Å². The lowest BCUT2D eigenvalue weighted by Crippen LogP contribution is -2.47. The number of hydrogen-bond donors (Lipinski definition) is 2. The maximum Gasteiger partial charge on any atom is 0.328 e. The molecule has 6 heteroatoms. The second-order valence-electron chi connectivity index (χ2n) is 4.68. The quantitative estimate of drug-likeness (QED) is 0.767. The summed E-state index contributed by atoms with van der Waals surface area (Å²) < 4.78 is 0.982. The predicted molar refractivity (Wildman–Crippen MR) is 87.0 cm³/mol. The van der Waals surface area contributed by atoms with Crippen molar-refractivity contribution in [3.05, 3.63) is 47.0 Å². The Bertz CT molecular complexity index is 601. The van der Waals surface area contributed by atoms with Gasteiger partial charge >= 0.3 is 5.97 Å². The molecule has 0 fully saturated rings. The van der Waals surface area contributed by atoms with Gasteiger partial charge in [0, 0.05) is 16.8 Å². The van der Waals surface area contributed by atoms with Gasteiger partial charge in [0.15, 0.2) is 0 Å². The van der Waals surface area contributed by atoms with Crippen molar-refractivity contribution in [1.29, 1.82) is 0 Å². The molecular formula is C15H18N2O2S2. The zero-order valence-electron chi connectivity index (χ0n) is 12.0. The number of carboxylic acids is 1. The second kappa shape index (κ2) is 7.06. The van der Waals surface area contributed by atoms with Crippen molar-refractivity contribution in [2.24, 2.45) is 0 Å². The molecular weight excluding hydrogens is 304 g/mol. The molecule has 1 aromatic carbocycles. The molecule has 1 atom stereocenters. The topological polar surface area (TPSA) is 62.2 Å². The summed E-state index contributed by atoms with van der Waals surface area (Å²) in [6.07, 6.45) is 0.492. The number of hydrogen-bond acceptors (Lipinski definition) is 5. The fraction of sp³-hybridized carbons (Fsp3) is 0.333. The fourth-order valence-corrected chi connectivity index (χ4v) is 4.14. The van der Waals surface area contributed by atoms with Gasteiger partial charge in [-0.2, -0.15) is 0 Å². The van der Waals surface area contributed by atoms with Gasteiger partial charge < -0.3 is 10.4 Å². The molecule has 1 aromatic heterocycles. The average molecular weight is 322 g/mol. The van der Waals surface area contributed by atoms with Crippen LogP contribution in [0, 0.1) is 6.92 Å². The highest BCUT2D eigenvalue weighted by atomic mass is 32.2. The smallest absolute Gasteiger partial charge is 0.328 e. The number of rotatable bonds is 7. The monoisotopic (exact) mass is 322 g/mol. The number of benzene rings is 1. The Kier molecular flexibility index (Phi) is 5.39. The Morgan fingerprint density at radius 2 is 2.14 bits per heavy atom. The molecule has 4 nitrogen and oxygen atoms in total. The van der Waals surface area contributed by atoms with E-state index in [2.05, 4.69) is 10.3 Å². The van der Waals surface area contributed by atoms with Gasteiger partial charge in [-0.15, -0.1) is 11.3 Å². The Balaban J connectivity index is 2.12. The molecule has 112 valence electrons. The van der Waals surface area contributed by atoms with Gasteiger partial charge in [0.05, 0.1) is 0 Å². The summed E-state index contributed by atoms with van der Waals surface area (Å²) in [7, 11) is 1.69. The number of carboxylic acid groups (broad SMARTS) is 1. The average Bonchev–Trinajstić information content (AvgIpc) is 2.90. The van der Waals surface area contributed by atoms with Crippen LogP contribution in [0.5, 0.6) is 0 Å². The van der Waals surface area contributed by atoms with E-state index < -0.39 is 11.5 Å². The molecule has 0 saturated heterocycles. The summed E-state index contributed by atoms with van der Waals surface area (Å²) in [6, 6.07) is 9.31. The van der Waals surface area contributed by atoms with Crippen LogP contribution in [0.4, 0.5) is 0 Å². The van der Waals surface area contributed by atoms with Crippen LogP contribution in [0.2, 0.25) is 0 Å². The highest BCUT2D eigenvalue weighted by Gasteiger charge is 2.38. The van der Waals surface area contributed by atoms with Crippen LogP contribution in [-0.4, -0.2) is 28.9 Å². The predicted octanol–water partition coefficient (Wildman–Crippen LogP) is 3.13. The Labute approximate surface area is 132 Å². The van der Waals surface area contributed by atoms with Gasteiger partial charge in [0.1, 0.15) is 9.88 Å². The van der Waals surface area contributed by atoms with Crippen molar-refractivity contribution in [1.82, 2.24) is 10.3 Å². The summed E-state index contributed by atoms with van der Waals surface area (Å²) in [5.41, 5.74) is 0.722. The first kappa shape index (κ1) is 16.0. The lowest BCUT2D eigenvalue weighted by Gasteiger charge is -2.29. The van der Waals surface area contributed by atoms with Crippen molar-refractivity contribution in [2.75, 3.05) is 12.8 Å². The normalized spacial score (nSPS) is 13.8. The number of thioether (sulfide) groups is 1. The zero-order valence-corrected chi connectivity index (χ0v) is 13.6. The molecule has 1 unspecified atom stereocenters. The van der Waals surface area contributed by atoms with Crippen LogP contribution < -0.4 is 5.32 Å². The maximum atomic E-state index is 11.8. The van der Waals surface area contributed by atoms with Crippen LogP contribution >= 0.6 is 23.1 Å². The van der Waals surface area contributed by atoms with Gasteiger partial charge in [-0.3, -0.25) is 0 Å². The molecule has 1 heterocycles. The third kappa shape index (κ3) is 3.64. The fourth-order valence-electron chi connectivity index (χ4n) is 2.16. The van der Waals surface area contributed by atoms with Crippen molar-refractivity contribution in [3.63, 3.8) is 0 Å². The molecule has 0 saturated carbocycles. The molecule has 2 N–H and O–H groups in total.